The first-order valence-electron chi connectivity index (χ1n) is 9.99. The Morgan fingerprint density at radius 1 is 0.885 bits per heavy atom. The van der Waals surface area contributed by atoms with E-state index in [1.807, 2.05) is 0 Å². The molecule has 1 heteroatoms. The minimum Gasteiger partial charge on any atom is -0.198 e. The summed E-state index contributed by atoms with van der Waals surface area (Å²) in [6.45, 7) is 4.26. The Balaban J connectivity index is 1.92. The topological polar surface area (TPSA) is 3.88 Å². The van der Waals surface area contributed by atoms with E-state index in [4.69, 9.17) is 1.37 Å². The van der Waals surface area contributed by atoms with Crippen LogP contribution in [-0.4, -0.2) is 0 Å². The van der Waals surface area contributed by atoms with Crippen LogP contribution in [0.2, 0.25) is 0 Å². The highest BCUT2D eigenvalue weighted by atomic mass is 14.9. The molecule has 0 aliphatic heterocycles. The SMILES string of the molecule is [2H]c1c(C)[n+](C)c(-c2cc3ccccc3cc2C)c2cc3c(cc12)CCC3. The molecule has 1 nitrogen and oxygen atoms in total. The fourth-order valence-corrected chi connectivity index (χ4v) is 4.49. The van der Waals surface area contributed by atoms with E-state index in [1.54, 1.807) is 0 Å². The molecule has 0 N–H and O–H groups in total. The fourth-order valence-electron chi connectivity index (χ4n) is 4.49. The third kappa shape index (κ3) is 2.27. The number of nitrogens with zero attached hydrogens (tertiary/aromatic N) is 1. The Bertz CT molecular complexity index is 1240. The van der Waals surface area contributed by atoms with E-state index in [2.05, 4.69) is 74.0 Å². The lowest BCUT2D eigenvalue weighted by molar-refractivity contribution is -0.665. The minimum absolute atomic E-state index is 0.657. The maximum atomic E-state index is 8.71. The number of pyridine rings is 1. The van der Waals surface area contributed by atoms with Crippen molar-refractivity contribution in [3.05, 3.63) is 77.0 Å². The number of rotatable bonds is 1. The summed E-state index contributed by atoms with van der Waals surface area (Å²) >= 11 is 0. The van der Waals surface area contributed by atoms with Crippen LogP contribution in [0, 0.1) is 13.8 Å². The van der Waals surface area contributed by atoms with Crippen molar-refractivity contribution >= 4 is 21.5 Å². The number of benzene rings is 3. The standard InChI is InChI=1S/C25H24N/c1-16-11-18-7-4-5-8-20(18)14-23(16)25-24-15-21-10-6-9-19(21)13-22(24)12-17(2)26(25)3/h4-5,7-8,11-15H,6,9-10H2,1-3H3/q+1/i12D. The largest absolute Gasteiger partial charge is 0.220 e. The molecule has 1 aromatic heterocycles. The van der Waals surface area contributed by atoms with Crippen molar-refractivity contribution in [2.24, 2.45) is 7.05 Å². The van der Waals surface area contributed by atoms with Crippen molar-refractivity contribution in [1.29, 1.82) is 0 Å². The number of aryl methyl sites for hydroxylation is 3. The van der Waals surface area contributed by atoms with E-state index in [0.29, 0.717) is 6.04 Å². The van der Waals surface area contributed by atoms with Crippen molar-refractivity contribution in [2.75, 3.05) is 0 Å². The lowest BCUT2D eigenvalue weighted by Crippen LogP contribution is -2.35. The highest BCUT2D eigenvalue weighted by Crippen LogP contribution is 2.35. The Labute approximate surface area is 156 Å². The molecule has 4 aromatic rings. The molecule has 0 saturated heterocycles. The monoisotopic (exact) mass is 339 g/mol. The van der Waals surface area contributed by atoms with Gasteiger partial charge >= 0.3 is 0 Å². The van der Waals surface area contributed by atoms with Crippen LogP contribution in [0.5, 0.6) is 0 Å². The molecule has 0 radical (unpaired) electrons. The van der Waals surface area contributed by atoms with E-state index in [0.717, 1.165) is 23.9 Å². The zero-order valence-electron chi connectivity index (χ0n) is 16.7. The molecule has 0 bridgehead atoms. The van der Waals surface area contributed by atoms with Gasteiger partial charge in [-0.3, -0.25) is 0 Å². The van der Waals surface area contributed by atoms with Crippen LogP contribution in [0.3, 0.4) is 0 Å². The van der Waals surface area contributed by atoms with E-state index in [9.17, 15) is 0 Å². The third-order valence-electron chi connectivity index (χ3n) is 5.99. The second-order valence-electron chi connectivity index (χ2n) is 7.65. The maximum absolute atomic E-state index is 8.71. The van der Waals surface area contributed by atoms with Crippen LogP contribution >= 0.6 is 0 Å². The Morgan fingerprint density at radius 3 is 2.35 bits per heavy atom. The predicted molar refractivity (Wildman–Crippen MR) is 110 cm³/mol. The van der Waals surface area contributed by atoms with Crippen molar-refractivity contribution in [3.8, 4) is 11.3 Å². The lowest BCUT2D eigenvalue weighted by Gasteiger charge is -2.13. The highest BCUT2D eigenvalue weighted by Gasteiger charge is 2.22. The zero-order valence-corrected chi connectivity index (χ0v) is 15.7. The summed E-state index contributed by atoms with van der Waals surface area (Å²) in [6, 6.07) is 18.5. The normalized spacial score (nSPS) is 14.0. The van der Waals surface area contributed by atoms with Crippen molar-refractivity contribution in [1.82, 2.24) is 0 Å². The first kappa shape index (κ1) is 14.5. The van der Waals surface area contributed by atoms with Gasteiger partial charge in [-0.15, -0.1) is 0 Å². The molecular weight excluding hydrogens is 314 g/mol. The highest BCUT2D eigenvalue weighted by molar-refractivity contribution is 5.98. The molecular formula is C25H24N+. The second kappa shape index (κ2) is 5.67. The molecule has 0 saturated carbocycles. The smallest absolute Gasteiger partial charge is 0.198 e. The van der Waals surface area contributed by atoms with Gasteiger partial charge in [0.15, 0.2) is 5.69 Å². The molecule has 0 amide bonds. The van der Waals surface area contributed by atoms with Gasteiger partial charge in [0.25, 0.3) is 0 Å². The number of aromatic nitrogens is 1. The summed E-state index contributed by atoms with van der Waals surface area (Å²) in [7, 11) is 2.10. The van der Waals surface area contributed by atoms with Crippen LogP contribution in [0.4, 0.5) is 0 Å². The third-order valence-corrected chi connectivity index (χ3v) is 5.99. The van der Waals surface area contributed by atoms with E-state index >= 15 is 0 Å². The van der Waals surface area contributed by atoms with Crippen LogP contribution in [-0.2, 0) is 19.9 Å². The van der Waals surface area contributed by atoms with Crippen LogP contribution < -0.4 is 4.57 Å². The predicted octanol–water partition coefficient (Wildman–Crippen LogP) is 5.59. The summed E-state index contributed by atoms with van der Waals surface area (Å²) in [5.41, 5.74) is 7.70. The molecule has 1 aliphatic rings. The van der Waals surface area contributed by atoms with Crippen LogP contribution in [0.1, 0.15) is 30.2 Å². The first-order chi connectivity index (χ1) is 13.0. The van der Waals surface area contributed by atoms with Gasteiger partial charge in [-0.05, 0) is 71.2 Å². The van der Waals surface area contributed by atoms with Gasteiger partial charge in [-0.2, -0.15) is 4.57 Å². The second-order valence-corrected chi connectivity index (χ2v) is 7.65. The van der Waals surface area contributed by atoms with Crippen molar-refractivity contribution in [2.45, 2.75) is 33.1 Å². The molecule has 5 rings (SSSR count). The minimum atomic E-state index is 0.657. The Morgan fingerprint density at radius 2 is 1.58 bits per heavy atom. The number of hydrogen-bond acceptors (Lipinski definition) is 0. The van der Waals surface area contributed by atoms with Crippen molar-refractivity contribution < 1.29 is 5.94 Å². The molecule has 0 atom stereocenters. The van der Waals surface area contributed by atoms with Gasteiger partial charge in [0.05, 0.1) is 12.3 Å². The number of hydrogen-bond donors (Lipinski definition) is 0. The molecule has 0 unspecified atom stereocenters. The molecule has 26 heavy (non-hydrogen) atoms. The number of fused-ring (bicyclic) bond motifs is 3. The molecule has 1 heterocycles. The average Bonchev–Trinajstić information content (AvgIpc) is 3.13. The van der Waals surface area contributed by atoms with Gasteiger partial charge in [0, 0.05) is 13.0 Å². The summed E-state index contributed by atoms with van der Waals surface area (Å²) in [5, 5.41) is 4.85. The van der Waals surface area contributed by atoms with Gasteiger partial charge < -0.3 is 0 Å². The zero-order chi connectivity index (χ0) is 18.7. The summed E-state index contributed by atoms with van der Waals surface area (Å²) in [5.74, 6) is 0. The summed E-state index contributed by atoms with van der Waals surface area (Å²) in [4.78, 5) is 0. The van der Waals surface area contributed by atoms with Gasteiger partial charge in [-0.1, -0.05) is 36.4 Å². The molecule has 3 aromatic carbocycles. The van der Waals surface area contributed by atoms with Crippen molar-refractivity contribution in [3.63, 3.8) is 0 Å². The first-order valence-corrected chi connectivity index (χ1v) is 9.49. The van der Waals surface area contributed by atoms with Crippen LogP contribution in [0.25, 0.3) is 32.8 Å². The molecule has 0 fully saturated rings. The van der Waals surface area contributed by atoms with Gasteiger partial charge in [0.2, 0.25) is 5.69 Å². The van der Waals surface area contributed by atoms with E-state index in [-0.39, 0.29) is 0 Å². The average molecular weight is 339 g/mol. The fraction of sp³-hybridized carbons (Fsp3) is 0.240. The van der Waals surface area contributed by atoms with E-state index in [1.165, 1.54) is 50.5 Å². The maximum Gasteiger partial charge on any atom is 0.220 e. The quantitative estimate of drug-likeness (QED) is 0.398. The Hall–Kier alpha value is -2.67. The molecule has 128 valence electrons. The Kier molecular flexibility index (Phi) is 3.16. The lowest BCUT2D eigenvalue weighted by atomic mass is 9.94. The molecule has 0 spiro atoms. The summed E-state index contributed by atoms with van der Waals surface area (Å²) < 4.78 is 10.9. The van der Waals surface area contributed by atoms with E-state index < -0.39 is 0 Å². The summed E-state index contributed by atoms with van der Waals surface area (Å²) in [6.07, 6.45) is 3.54. The molecule has 1 aliphatic carbocycles. The van der Waals surface area contributed by atoms with Gasteiger partial charge in [-0.25, -0.2) is 0 Å². The van der Waals surface area contributed by atoms with Crippen LogP contribution in [0.15, 0.2) is 54.6 Å². The van der Waals surface area contributed by atoms with Gasteiger partial charge in [0.1, 0.15) is 7.05 Å².